The second-order valence-corrected chi connectivity index (χ2v) is 6.17. The molecule has 1 atom stereocenters. The van der Waals surface area contributed by atoms with Crippen LogP contribution in [0.1, 0.15) is 33.4 Å². The maximum atomic E-state index is 5.92. The average molecular weight is 260 g/mol. The summed E-state index contributed by atoms with van der Waals surface area (Å²) in [5.41, 5.74) is 8.13. The summed E-state index contributed by atoms with van der Waals surface area (Å²) in [5, 5.41) is 0. The summed E-state index contributed by atoms with van der Waals surface area (Å²) in [4.78, 5) is 6.96. The largest absolute Gasteiger partial charge is 0.355 e. The maximum Gasteiger partial charge on any atom is 0.152 e. The highest BCUT2D eigenvalue weighted by Crippen LogP contribution is 2.29. The Labute approximate surface area is 115 Å². The van der Waals surface area contributed by atoms with Crippen LogP contribution in [-0.4, -0.2) is 22.5 Å². The Morgan fingerprint density at radius 3 is 2.63 bits per heavy atom. The molecule has 2 heterocycles. The highest BCUT2D eigenvalue weighted by molar-refractivity contribution is 5.56. The van der Waals surface area contributed by atoms with Crippen LogP contribution in [0.15, 0.2) is 24.4 Å². The molecule has 0 aliphatic carbocycles. The summed E-state index contributed by atoms with van der Waals surface area (Å²) >= 11 is 0. The van der Waals surface area contributed by atoms with E-state index in [-0.39, 0.29) is 5.41 Å². The first-order valence-electron chi connectivity index (χ1n) is 6.75. The minimum Gasteiger partial charge on any atom is -0.355 e. The van der Waals surface area contributed by atoms with Crippen molar-refractivity contribution in [3.05, 3.63) is 30.1 Å². The molecule has 0 spiro atoms. The molecule has 0 bridgehead atoms. The summed E-state index contributed by atoms with van der Waals surface area (Å²) in [7, 11) is 2.09. The standard InChI is InChI=1S/C15H24N4/c1-11(15(2,3)4)18(5)14-12(10-16)19-9-7-6-8-13(19)17-14/h6-9,11H,10,16H2,1-5H3. The van der Waals surface area contributed by atoms with Crippen LogP contribution in [0.4, 0.5) is 5.82 Å². The van der Waals surface area contributed by atoms with E-state index < -0.39 is 0 Å². The smallest absolute Gasteiger partial charge is 0.152 e. The van der Waals surface area contributed by atoms with E-state index in [1.165, 1.54) is 0 Å². The lowest BCUT2D eigenvalue weighted by molar-refractivity contribution is 0.328. The van der Waals surface area contributed by atoms with Gasteiger partial charge in [-0.3, -0.25) is 0 Å². The lowest BCUT2D eigenvalue weighted by atomic mass is 9.87. The molecule has 0 amide bonds. The van der Waals surface area contributed by atoms with Crippen molar-refractivity contribution in [2.75, 3.05) is 11.9 Å². The van der Waals surface area contributed by atoms with Gasteiger partial charge in [-0.25, -0.2) is 4.98 Å². The van der Waals surface area contributed by atoms with Gasteiger partial charge >= 0.3 is 0 Å². The third kappa shape index (κ3) is 2.45. The molecule has 0 saturated carbocycles. The fraction of sp³-hybridized carbons (Fsp3) is 0.533. The zero-order valence-corrected chi connectivity index (χ0v) is 12.5. The van der Waals surface area contributed by atoms with Crippen molar-refractivity contribution in [2.24, 2.45) is 11.1 Å². The molecule has 2 N–H and O–H groups in total. The molecule has 0 radical (unpaired) electrons. The Morgan fingerprint density at radius 1 is 1.37 bits per heavy atom. The lowest BCUT2D eigenvalue weighted by Crippen LogP contribution is -2.40. The van der Waals surface area contributed by atoms with Gasteiger partial charge in [0.2, 0.25) is 0 Å². The maximum absolute atomic E-state index is 5.92. The molecule has 2 rings (SSSR count). The number of rotatable bonds is 3. The van der Waals surface area contributed by atoms with Crippen molar-refractivity contribution in [2.45, 2.75) is 40.3 Å². The molecule has 0 aromatic carbocycles. The van der Waals surface area contributed by atoms with E-state index >= 15 is 0 Å². The van der Waals surface area contributed by atoms with Crippen LogP contribution in [0.25, 0.3) is 5.65 Å². The van der Waals surface area contributed by atoms with Gasteiger partial charge < -0.3 is 15.0 Å². The predicted molar refractivity (Wildman–Crippen MR) is 80.4 cm³/mol. The molecule has 104 valence electrons. The molecule has 4 nitrogen and oxygen atoms in total. The summed E-state index contributed by atoms with van der Waals surface area (Å²) in [6.07, 6.45) is 2.02. The molecule has 2 aromatic rings. The van der Waals surface area contributed by atoms with Gasteiger partial charge in [0.1, 0.15) is 5.65 Å². The number of fused-ring (bicyclic) bond motifs is 1. The molecule has 0 aliphatic rings. The van der Waals surface area contributed by atoms with Crippen molar-refractivity contribution >= 4 is 11.5 Å². The molecule has 1 unspecified atom stereocenters. The molecule has 19 heavy (non-hydrogen) atoms. The first-order valence-corrected chi connectivity index (χ1v) is 6.75. The zero-order valence-electron chi connectivity index (χ0n) is 12.5. The highest BCUT2D eigenvalue weighted by Gasteiger charge is 2.27. The van der Waals surface area contributed by atoms with Crippen LogP contribution in [0.2, 0.25) is 0 Å². The monoisotopic (exact) mass is 260 g/mol. The van der Waals surface area contributed by atoms with E-state index in [0.29, 0.717) is 12.6 Å². The molecular formula is C15H24N4. The number of hydrogen-bond acceptors (Lipinski definition) is 3. The topological polar surface area (TPSA) is 46.6 Å². The summed E-state index contributed by atoms with van der Waals surface area (Å²) in [5.74, 6) is 0.983. The van der Waals surface area contributed by atoms with E-state index in [9.17, 15) is 0 Å². The zero-order chi connectivity index (χ0) is 14.2. The predicted octanol–water partition coefficient (Wildman–Crippen LogP) is 2.66. The van der Waals surface area contributed by atoms with Crippen LogP contribution >= 0.6 is 0 Å². The van der Waals surface area contributed by atoms with E-state index in [0.717, 1.165) is 17.2 Å². The number of nitrogens with two attached hydrogens (primary N) is 1. The fourth-order valence-corrected chi connectivity index (χ4v) is 2.27. The van der Waals surface area contributed by atoms with E-state index in [4.69, 9.17) is 10.7 Å². The number of nitrogens with zero attached hydrogens (tertiary/aromatic N) is 3. The van der Waals surface area contributed by atoms with Crippen LogP contribution < -0.4 is 10.6 Å². The molecule has 4 heteroatoms. The molecule has 0 saturated heterocycles. The first-order chi connectivity index (χ1) is 8.86. The quantitative estimate of drug-likeness (QED) is 0.923. The van der Waals surface area contributed by atoms with Gasteiger partial charge in [0.15, 0.2) is 5.82 Å². The summed E-state index contributed by atoms with van der Waals surface area (Å²) < 4.78 is 2.07. The van der Waals surface area contributed by atoms with Gasteiger partial charge in [-0.1, -0.05) is 26.8 Å². The van der Waals surface area contributed by atoms with E-state index in [1.54, 1.807) is 0 Å². The second kappa shape index (κ2) is 4.85. The van der Waals surface area contributed by atoms with Gasteiger partial charge in [-0.05, 0) is 24.5 Å². The number of imidazole rings is 1. The van der Waals surface area contributed by atoms with Gasteiger partial charge in [-0.15, -0.1) is 0 Å². The minimum absolute atomic E-state index is 0.191. The Morgan fingerprint density at radius 2 is 2.05 bits per heavy atom. The normalized spacial score (nSPS) is 13.8. The molecule has 2 aromatic heterocycles. The third-order valence-electron chi connectivity index (χ3n) is 3.97. The Hall–Kier alpha value is -1.55. The van der Waals surface area contributed by atoms with Gasteiger partial charge in [0, 0.05) is 25.8 Å². The van der Waals surface area contributed by atoms with Crippen molar-refractivity contribution < 1.29 is 0 Å². The highest BCUT2D eigenvalue weighted by atomic mass is 15.2. The fourth-order valence-electron chi connectivity index (χ4n) is 2.27. The minimum atomic E-state index is 0.191. The third-order valence-corrected chi connectivity index (χ3v) is 3.97. The van der Waals surface area contributed by atoms with Gasteiger partial charge in [0.05, 0.1) is 5.69 Å². The molecule has 0 aliphatic heterocycles. The van der Waals surface area contributed by atoms with Crippen molar-refractivity contribution in [3.63, 3.8) is 0 Å². The lowest BCUT2D eigenvalue weighted by Gasteiger charge is -2.36. The van der Waals surface area contributed by atoms with Crippen molar-refractivity contribution in [1.29, 1.82) is 0 Å². The van der Waals surface area contributed by atoms with Crippen LogP contribution in [-0.2, 0) is 6.54 Å². The van der Waals surface area contributed by atoms with Crippen molar-refractivity contribution in [1.82, 2.24) is 9.38 Å². The Kier molecular flexibility index (Phi) is 3.54. The van der Waals surface area contributed by atoms with E-state index in [2.05, 4.69) is 44.0 Å². The van der Waals surface area contributed by atoms with Gasteiger partial charge in [-0.2, -0.15) is 0 Å². The number of pyridine rings is 1. The Bertz CT molecular complexity index is 565. The van der Waals surface area contributed by atoms with Gasteiger partial charge in [0.25, 0.3) is 0 Å². The number of hydrogen-bond donors (Lipinski definition) is 1. The Balaban J connectivity index is 2.50. The van der Waals surface area contributed by atoms with Crippen LogP contribution in [0.3, 0.4) is 0 Å². The van der Waals surface area contributed by atoms with Crippen LogP contribution in [0.5, 0.6) is 0 Å². The second-order valence-electron chi connectivity index (χ2n) is 6.17. The first kappa shape index (κ1) is 13.9. The number of aromatic nitrogens is 2. The summed E-state index contributed by atoms with van der Waals surface area (Å²) in [6.45, 7) is 9.44. The molecule has 0 fully saturated rings. The van der Waals surface area contributed by atoms with Crippen LogP contribution in [0, 0.1) is 5.41 Å². The van der Waals surface area contributed by atoms with Crippen molar-refractivity contribution in [3.8, 4) is 0 Å². The van der Waals surface area contributed by atoms with E-state index in [1.807, 2.05) is 24.4 Å². The average Bonchev–Trinajstić information content (AvgIpc) is 2.74. The molecular weight excluding hydrogens is 236 g/mol. The summed E-state index contributed by atoms with van der Waals surface area (Å²) in [6, 6.07) is 6.39. The number of anilines is 1. The SMILES string of the molecule is CC(N(C)c1nc2ccccn2c1CN)C(C)(C)C.